The van der Waals surface area contributed by atoms with Gasteiger partial charge in [-0.05, 0) is 49.2 Å². The van der Waals surface area contributed by atoms with Gasteiger partial charge in [0.1, 0.15) is 4.88 Å². The highest BCUT2D eigenvalue weighted by Crippen LogP contribution is 2.23. The molecule has 0 bridgehead atoms. The van der Waals surface area contributed by atoms with E-state index in [9.17, 15) is 14.4 Å². The molecule has 0 saturated heterocycles. The number of carbonyl (C=O) groups is 3. The molecule has 6 nitrogen and oxygen atoms in total. The highest BCUT2D eigenvalue weighted by atomic mass is 32.1. The molecule has 1 aromatic carbocycles. The summed E-state index contributed by atoms with van der Waals surface area (Å²) in [6.07, 6.45) is 0.853. The lowest BCUT2D eigenvalue weighted by molar-refractivity contribution is -0.119. The zero-order valence-corrected chi connectivity index (χ0v) is 15.1. The van der Waals surface area contributed by atoms with Gasteiger partial charge in [-0.15, -0.1) is 11.3 Å². The van der Waals surface area contributed by atoms with Crippen LogP contribution in [0.5, 0.6) is 0 Å². The number of aryl methyl sites for hydroxylation is 2. The van der Waals surface area contributed by atoms with Gasteiger partial charge < -0.3 is 14.8 Å². The highest BCUT2D eigenvalue weighted by molar-refractivity contribution is 7.14. The van der Waals surface area contributed by atoms with Gasteiger partial charge in [0.15, 0.2) is 6.61 Å². The molecule has 0 saturated carbocycles. The number of nitrogens with one attached hydrogen (secondary N) is 1. The molecular weight excluding hydrogens is 342 g/mol. The lowest BCUT2D eigenvalue weighted by atomic mass is 10.2. The molecular formula is C18H19NO5S. The topological polar surface area (TPSA) is 81.7 Å². The summed E-state index contributed by atoms with van der Waals surface area (Å²) in [5.41, 5.74) is 1.93. The Balaban J connectivity index is 1.87. The van der Waals surface area contributed by atoms with Crippen molar-refractivity contribution in [2.24, 2.45) is 0 Å². The molecule has 0 aliphatic heterocycles. The second kappa shape index (κ2) is 8.43. The number of hydrogen-bond acceptors (Lipinski definition) is 6. The maximum absolute atomic E-state index is 12.0. The first-order chi connectivity index (χ1) is 11.9. The molecule has 7 heteroatoms. The Morgan fingerprint density at radius 1 is 1.12 bits per heavy atom. The van der Waals surface area contributed by atoms with Crippen molar-refractivity contribution in [3.05, 3.63) is 51.2 Å². The molecule has 0 atom stereocenters. The van der Waals surface area contributed by atoms with E-state index in [1.165, 1.54) is 30.6 Å². The number of thiophene rings is 1. The van der Waals surface area contributed by atoms with Crippen molar-refractivity contribution in [3.8, 4) is 0 Å². The third-order valence-electron chi connectivity index (χ3n) is 3.47. The van der Waals surface area contributed by atoms with Crippen molar-refractivity contribution < 1.29 is 23.9 Å². The van der Waals surface area contributed by atoms with Gasteiger partial charge in [0.25, 0.3) is 5.91 Å². The molecule has 2 rings (SSSR count). The largest absolute Gasteiger partial charge is 0.465 e. The van der Waals surface area contributed by atoms with E-state index >= 15 is 0 Å². The number of methoxy groups -OCH3 is 1. The second-order valence-corrected chi connectivity index (χ2v) is 6.40. The minimum absolute atomic E-state index is 0.379. The molecule has 1 amide bonds. The predicted molar refractivity (Wildman–Crippen MR) is 95.1 cm³/mol. The fourth-order valence-corrected chi connectivity index (χ4v) is 3.19. The molecule has 0 aliphatic carbocycles. The zero-order chi connectivity index (χ0) is 18.4. The van der Waals surface area contributed by atoms with Crippen molar-refractivity contribution in [3.63, 3.8) is 0 Å². The Bertz CT molecular complexity index is 779. The van der Waals surface area contributed by atoms with E-state index < -0.39 is 17.8 Å². The Morgan fingerprint density at radius 2 is 1.80 bits per heavy atom. The van der Waals surface area contributed by atoms with Crippen molar-refractivity contribution in [1.29, 1.82) is 0 Å². The summed E-state index contributed by atoms with van der Waals surface area (Å²) >= 11 is 1.38. The number of ether oxygens (including phenoxy) is 2. The Labute approximate surface area is 149 Å². The van der Waals surface area contributed by atoms with Crippen LogP contribution < -0.4 is 5.32 Å². The number of benzene rings is 1. The summed E-state index contributed by atoms with van der Waals surface area (Å²) in [6.45, 7) is 3.58. The minimum Gasteiger partial charge on any atom is -0.465 e. The molecule has 0 radical (unpaired) electrons. The van der Waals surface area contributed by atoms with Gasteiger partial charge in [-0.25, -0.2) is 9.59 Å². The lowest BCUT2D eigenvalue weighted by Gasteiger charge is -2.06. The number of amides is 1. The maximum Gasteiger partial charge on any atom is 0.348 e. The number of anilines is 1. The quantitative estimate of drug-likeness (QED) is 0.799. The highest BCUT2D eigenvalue weighted by Gasteiger charge is 2.15. The predicted octanol–water partition coefficient (Wildman–Crippen LogP) is 3.20. The van der Waals surface area contributed by atoms with Crippen LogP contribution in [0.1, 0.15) is 37.4 Å². The summed E-state index contributed by atoms with van der Waals surface area (Å²) in [5.74, 6) is -1.42. The molecule has 1 N–H and O–H groups in total. The van der Waals surface area contributed by atoms with Crippen LogP contribution in [0.2, 0.25) is 0 Å². The maximum atomic E-state index is 12.0. The molecule has 0 aliphatic rings. The van der Waals surface area contributed by atoms with Gasteiger partial charge in [-0.3, -0.25) is 4.79 Å². The van der Waals surface area contributed by atoms with E-state index in [2.05, 4.69) is 10.1 Å². The first-order valence-electron chi connectivity index (χ1n) is 7.69. The van der Waals surface area contributed by atoms with Crippen LogP contribution in [-0.2, 0) is 20.7 Å². The monoisotopic (exact) mass is 361 g/mol. The second-order valence-electron chi connectivity index (χ2n) is 5.26. The number of hydrogen-bond donors (Lipinski definition) is 1. The smallest absolute Gasteiger partial charge is 0.348 e. The van der Waals surface area contributed by atoms with Crippen LogP contribution in [-0.4, -0.2) is 31.6 Å². The van der Waals surface area contributed by atoms with E-state index in [0.29, 0.717) is 16.1 Å². The third kappa shape index (κ3) is 4.90. The van der Waals surface area contributed by atoms with Crippen LogP contribution in [0.25, 0.3) is 0 Å². The summed E-state index contributed by atoms with van der Waals surface area (Å²) in [4.78, 5) is 36.8. The van der Waals surface area contributed by atoms with Crippen LogP contribution in [0.4, 0.5) is 5.69 Å². The first kappa shape index (κ1) is 18.7. The normalized spacial score (nSPS) is 10.2. The van der Waals surface area contributed by atoms with Gasteiger partial charge >= 0.3 is 11.9 Å². The van der Waals surface area contributed by atoms with E-state index in [-0.39, 0.29) is 6.61 Å². The molecule has 2 aromatic rings. The number of carbonyl (C=O) groups excluding carboxylic acids is 3. The fourth-order valence-electron chi connectivity index (χ4n) is 2.18. The van der Waals surface area contributed by atoms with Crippen LogP contribution >= 0.6 is 11.3 Å². The van der Waals surface area contributed by atoms with E-state index in [0.717, 1.165) is 16.9 Å². The summed E-state index contributed by atoms with van der Waals surface area (Å²) < 4.78 is 9.64. The standard InChI is InChI=1S/C18H19NO5S/c1-4-14-11(2)9-15(25-14)18(22)24-10-16(20)19-13-7-5-12(6-8-13)17(21)23-3/h5-9H,4,10H2,1-3H3,(H,19,20). The minimum atomic E-state index is -0.510. The van der Waals surface area contributed by atoms with Crippen molar-refractivity contribution in [2.45, 2.75) is 20.3 Å². The van der Waals surface area contributed by atoms with E-state index in [4.69, 9.17) is 4.74 Å². The molecule has 132 valence electrons. The van der Waals surface area contributed by atoms with E-state index in [1.807, 2.05) is 13.8 Å². The number of esters is 2. The van der Waals surface area contributed by atoms with Crippen molar-refractivity contribution >= 4 is 34.9 Å². The first-order valence-corrected chi connectivity index (χ1v) is 8.51. The van der Waals surface area contributed by atoms with Crippen molar-refractivity contribution in [2.75, 3.05) is 19.0 Å². The SMILES string of the molecule is CCc1sc(C(=O)OCC(=O)Nc2ccc(C(=O)OC)cc2)cc1C. The van der Waals surface area contributed by atoms with Crippen LogP contribution in [0, 0.1) is 6.92 Å². The van der Waals surface area contributed by atoms with Crippen molar-refractivity contribution in [1.82, 2.24) is 0 Å². The van der Waals surface area contributed by atoms with Crippen LogP contribution in [0.3, 0.4) is 0 Å². The van der Waals surface area contributed by atoms with Gasteiger partial charge in [-0.1, -0.05) is 6.92 Å². The summed E-state index contributed by atoms with van der Waals surface area (Å²) in [5, 5.41) is 2.60. The van der Waals surface area contributed by atoms with Gasteiger partial charge in [-0.2, -0.15) is 0 Å². The molecule has 25 heavy (non-hydrogen) atoms. The van der Waals surface area contributed by atoms with Crippen LogP contribution in [0.15, 0.2) is 30.3 Å². The average molecular weight is 361 g/mol. The third-order valence-corrected chi connectivity index (χ3v) is 4.83. The van der Waals surface area contributed by atoms with Gasteiger partial charge in [0, 0.05) is 10.6 Å². The van der Waals surface area contributed by atoms with Gasteiger partial charge in [0.2, 0.25) is 0 Å². The molecule has 1 heterocycles. The summed E-state index contributed by atoms with van der Waals surface area (Å²) in [6, 6.07) is 7.99. The Morgan fingerprint density at radius 3 is 2.36 bits per heavy atom. The Kier molecular flexibility index (Phi) is 6.30. The average Bonchev–Trinajstić information content (AvgIpc) is 3.00. The molecule has 0 unspecified atom stereocenters. The molecule has 0 spiro atoms. The fraction of sp³-hybridized carbons (Fsp3) is 0.278. The van der Waals surface area contributed by atoms with Gasteiger partial charge in [0.05, 0.1) is 12.7 Å². The molecule has 0 fully saturated rings. The van der Waals surface area contributed by atoms with E-state index in [1.54, 1.807) is 18.2 Å². The number of rotatable bonds is 6. The Hall–Kier alpha value is -2.67. The summed E-state index contributed by atoms with van der Waals surface area (Å²) in [7, 11) is 1.30. The zero-order valence-electron chi connectivity index (χ0n) is 14.3. The lowest BCUT2D eigenvalue weighted by Crippen LogP contribution is -2.20. The molecule has 1 aromatic heterocycles.